The van der Waals surface area contributed by atoms with Crippen molar-refractivity contribution in [3.05, 3.63) is 36.3 Å². The molecular weight excluding hydrogens is 553 g/mol. The summed E-state index contributed by atoms with van der Waals surface area (Å²) in [5.41, 5.74) is 7.77. The number of aliphatic carboxylic acids is 1. The molecule has 0 bridgehead atoms. The summed E-state index contributed by atoms with van der Waals surface area (Å²) in [4.78, 5) is 17.4. The number of alkyl halides is 3. The maximum absolute atomic E-state index is 13.5. The lowest BCUT2D eigenvalue weighted by Crippen LogP contribution is -3.17. The van der Waals surface area contributed by atoms with Gasteiger partial charge in [0, 0.05) is 16.5 Å². The number of carbonyl (C=O) groups is 1. The van der Waals surface area contributed by atoms with Gasteiger partial charge in [0.15, 0.2) is 11.5 Å². The first-order valence-electron chi connectivity index (χ1n) is 12.6. The van der Waals surface area contributed by atoms with Gasteiger partial charge in [-0.3, -0.25) is 0 Å². The highest BCUT2D eigenvalue weighted by atomic mass is 32.2. The lowest BCUT2D eigenvalue weighted by molar-refractivity contribution is -0.644. The number of nitrogens with two attached hydrogens (primary N) is 1. The molecular formula is C25H25F3N6O5S. The van der Waals surface area contributed by atoms with Crippen LogP contribution in [0.2, 0.25) is 0 Å². The molecule has 0 saturated heterocycles. The second-order valence-electron chi connectivity index (χ2n) is 12.0. The molecule has 2 heterocycles. The summed E-state index contributed by atoms with van der Waals surface area (Å²) in [5.74, 6) is 0.133. The monoisotopic (exact) mass is 578 g/mol. The molecule has 0 aliphatic heterocycles. The van der Waals surface area contributed by atoms with Crippen molar-refractivity contribution in [2.24, 2.45) is 40.9 Å². The Labute approximate surface area is 225 Å². The smallest absolute Gasteiger partial charge is 0.475 e. The van der Waals surface area contributed by atoms with Crippen LogP contribution in [-0.4, -0.2) is 61.5 Å². The Bertz CT molecular complexity index is 1690. The predicted octanol–water partition coefficient (Wildman–Crippen LogP) is 1.85. The molecule has 0 atom stereocenters. The number of hydrogen-bond donors (Lipinski definition) is 4. The van der Waals surface area contributed by atoms with Gasteiger partial charge >= 0.3 is 12.1 Å². The number of nitrogens with one attached hydrogen (secondary N) is 1. The molecule has 40 heavy (non-hydrogen) atoms. The van der Waals surface area contributed by atoms with Crippen molar-refractivity contribution in [3.63, 3.8) is 0 Å². The highest BCUT2D eigenvalue weighted by Gasteiger charge is 3.11. The molecule has 0 radical (unpaired) electrons. The van der Waals surface area contributed by atoms with Crippen molar-refractivity contribution < 1.29 is 36.6 Å². The Balaban J connectivity index is 0.000000339. The first-order chi connectivity index (χ1) is 18.5. The zero-order valence-corrected chi connectivity index (χ0v) is 22.2. The zero-order chi connectivity index (χ0) is 28.9. The quantitative estimate of drug-likeness (QED) is 0.352. The largest absolute Gasteiger partial charge is 0.490 e. The SMILES string of the molecule is Cc1ccc(S(=O)(=O)NC23C4C5C2C2C3C4C52C(C)(C)O)cc1-c1cnc2c(N)ncnn12.O=C(O)C(F)(F)F. The highest BCUT2D eigenvalue weighted by Crippen LogP contribution is 3.08. The molecule has 1 aromatic carbocycles. The van der Waals surface area contributed by atoms with Gasteiger partial charge in [0.2, 0.25) is 10.0 Å². The van der Waals surface area contributed by atoms with E-state index in [0.717, 1.165) is 11.1 Å². The number of rotatable bonds is 5. The number of nitrogens with zero attached hydrogens (tertiary/aromatic N) is 4. The number of fused-ring (bicyclic) bond motifs is 1. The second-order valence-corrected chi connectivity index (χ2v) is 13.7. The molecule has 0 spiro atoms. The number of carboxylic acid groups (broad SMARTS) is 1. The summed E-state index contributed by atoms with van der Waals surface area (Å²) in [5, 5.41) is 22.1. The fourth-order valence-electron chi connectivity index (χ4n) is 9.31. The number of aryl methyl sites for hydroxylation is 1. The average Bonchev–Trinajstić information content (AvgIpc) is 3.28. The van der Waals surface area contributed by atoms with Gasteiger partial charge in [-0.1, -0.05) is 6.07 Å². The van der Waals surface area contributed by atoms with Crippen molar-refractivity contribution in [2.75, 3.05) is 5.73 Å². The average molecular weight is 579 g/mol. The van der Waals surface area contributed by atoms with Crippen LogP contribution in [0, 0.1) is 47.8 Å². The van der Waals surface area contributed by atoms with Crippen molar-refractivity contribution in [1.29, 1.82) is 0 Å². The molecule has 3 aromatic rings. The molecule has 0 unspecified atom stereocenters. The van der Waals surface area contributed by atoms with Crippen LogP contribution in [-0.2, 0) is 14.8 Å². The topological polar surface area (TPSA) is 173 Å². The van der Waals surface area contributed by atoms with E-state index in [4.69, 9.17) is 15.6 Å². The first kappa shape index (κ1) is 25.7. The van der Waals surface area contributed by atoms with E-state index in [1.807, 2.05) is 26.8 Å². The molecule has 11 nitrogen and oxygen atoms in total. The zero-order valence-electron chi connectivity index (χ0n) is 21.4. The molecule has 6 fully saturated rings. The fraction of sp³-hybridized carbons (Fsp3) is 0.520. The van der Waals surface area contributed by atoms with Crippen molar-refractivity contribution >= 4 is 27.5 Å². The highest BCUT2D eigenvalue weighted by molar-refractivity contribution is 7.89. The number of aromatic nitrogens is 4. The van der Waals surface area contributed by atoms with Crippen LogP contribution in [0.5, 0.6) is 0 Å². The third kappa shape index (κ3) is 2.58. The minimum atomic E-state index is -5.08. The lowest BCUT2D eigenvalue weighted by atomic mass is 8.93. The summed E-state index contributed by atoms with van der Waals surface area (Å²) < 4.78 is 63.5. The van der Waals surface area contributed by atoms with E-state index in [9.17, 15) is 26.7 Å². The van der Waals surface area contributed by atoms with E-state index in [1.165, 1.54) is 6.33 Å². The van der Waals surface area contributed by atoms with E-state index in [2.05, 4.69) is 19.8 Å². The number of halogens is 3. The Hall–Kier alpha value is -3.30. The minimum absolute atomic E-state index is 0.0595. The van der Waals surface area contributed by atoms with Crippen LogP contribution in [0.3, 0.4) is 0 Å². The fourth-order valence-corrected chi connectivity index (χ4v) is 10.8. The van der Waals surface area contributed by atoms with E-state index in [-0.39, 0.29) is 21.7 Å². The predicted molar refractivity (Wildman–Crippen MR) is 132 cm³/mol. The van der Waals surface area contributed by atoms with Gasteiger partial charge in [0.05, 0.1) is 22.4 Å². The third-order valence-electron chi connectivity index (χ3n) is 10.4. The van der Waals surface area contributed by atoms with Gasteiger partial charge in [0.25, 0.3) is 0 Å². The van der Waals surface area contributed by atoms with Crippen LogP contribution >= 0.6 is 0 Å². The first-order valence-corrected chi connectivity index (χ1v) is 14.1. The summed E-state index contributed by atoms with van der Waals surface area (Å²) >= 11 is 0. The third-order valence-corrected chi connectivity index (χ3v) is 11.9. The van der Waals surface area contributed by atoms with E-state index < -0.39 is 27.8 Å². The number of nitrogen functional groups attached to an aromatic ring is 1. The van der Waals surface area contributed by atoms with E-state index >= 15 is 0 Å². The van der Waals surface area contributed by atoms with Gasteiger partial charge in [-0.05, 0) is 74.0 Å². The maximum Gasteiger partial charge on any atom is 0.490 e. The van der Waals surface area contributed by atoms with Crippen molar-refractivity contribution in [2.45, 2.75) is 43.0 Å². The molecule has 6 saturated carbocycles. The van der Waals surface area contributed by atoms with E-state index in [1.54, 1.807) is 22.8 Å². The number of sulfonamides is 1. The van der Waals surface area contributed by atoms with Crippen molar-refractivity contribution in [1.82, 2.24) is 24.3 Å². The number of hydrogen-bond acceptors (Lipinski definition) is 8. The number of anilines is 1. The number of imidazole rings is 1. The van der Waals surface area contributed by atoms with Gasteiger partial charge < -0.3 is 15.9 Å². The summed E-state index contributed by atoms with van der Waals surface area (Å²) in [6.07, 6.45) is -2.08. The Morgan fingerprint density at radius 1 is 1.10 bits per heavy atom. The molecule has 0 amide bonds. The summed E-state index contributed by atoms with van der Waals surface area (Å²) in [6.45, 7) is 5.78. The number of aliphatic hydroxyl groups is 1. The molecule has 15 heteroatoms. The molecule has 212 valence electrons. The normalized spacial score (nSPS) is 35.7. The number of benzene rings is 1. The Morgan fingerprint density at radius 3 is 2.20 bits per heavy atom. The molecule has 5 N–H and O–H groups in total. The standard InChI is InChI=1S/C23H24N6O3S.C2HF3O2/c1-9-4-5-10(6-11(9)12-7-25-20-19(24)26-8-27-29(12)20)33(31,32)28-23-16-13-17(23)15-18(23)14(16)22(13,15)21(2,3)30;3-2(4,5)1(6)7/h4-8,13-18,28,30H,1-3H3,(H2,24,26,27);(H,6,7). The molecule has 6 aliphatic rings. The van der Waals surface area contributed by atoms with Gasteiger partial charge in [0.1, 0.15) is 6.33 Å². The summed E-state index contributed by atoms with van der Waals surface area (Å²) in [6, 6.07) is 5.17. The van der Waals surface area contributed by atoms with Crippen LogP contribution in [0.4, 0.5) is 19.0 Å². The van der Waals surface area contributed by atoms with E-state index in [0.29, 0.717) is 46.8 Å². The van der Waals surface area contributed by atoms with Crippen LogP contribution < -0.4 is 10.5 Å². The Morgan fingerprint density at radius 2 is 1.68 bits per heavy atom. The van der Waals surface area contributed by atoms with Gasteiger partial charge in [-0.25, -0.2) is 32.4 Å². The van der Waals surface area contributed by atoms with Crippen molar-refractivity contribution in [3.8, 4) is 11.3 Å². The second kappa shape index (κ2) is 7.12. The molecule has 9 rings (SSSR count). The van der Waals surface area contributed by atoms with Crippen LogP contribution in [0.15, 0.2) is 35.6 Å². The van der Waals surface area contributed by atoms with Crippen LogP contribution in [0.1, 0.15) is 19.4 Å². The molecule has 6 aliphatic carbocycles. The number of carboxylic acids is 1. The van der Waals surface area contributed by atoms with Gasteiger partial charge in [-0.15, -0.1) is 0 Å². The molecule has 2 aromatic heterocycles. The van der Waals surface area contributed by atoms with Gasteiger partial charge in [-0.2, -0.15) is 18.3 Å². The maximum atomic E-state index is 13.5. The lowest BCUT2D eigenvalue weighted by Gasteiger charge is -3.12. The minimum Gasteiger partial charge on any atom is -0.475 e. The Kier molecular flexibility index (Phi) is 4.57. The van der Waals surface area contributed by atoms with Crippen LogP contribution in [0.25, 0.3) is 16.9 Å². The summed E-state index contributed by atoms with van der Waals surface area (Å²) in [7, 11) is -3.70.